The van der Waals surface area contributed by atoms with Crippen molar-refractivity contribution < 1.29 is 0 Å². The van der Waals surface area contributed by atoms with Gasteiger partial charge in [0.25, 0.3) is 0 Å². The van der Waals surface area contributed by atoms with Gasteiger partial charge in [-0.05, 0) is 21.0 Å². The molecule has 0 saturated carbocycles. The van der Waals surface area contributed by atoms with Crippen LogP contribution in [-0.2, 0) is 0 Å². The van der Waals surface area contributed by atoms with Gasteiger partial charge in [-0.2, -0.15) is 0 Å². The molecule has 0 aromatic heterocycles. The third kappa shape index (κ3) is 1.92. The zero-order valence-electron chi connectivity index (χ0n) is 7.75. The molecule has 2 unspecified atom stereocenters. The summed E-state index contributed by atoms with van der Waals surface area (Å²) in [5, 5.41) is 0. The molecule has 0 aliphatic carbocycles. The minimum atomic E-state index is 0.552. The molecule has 0 aromatic carbocycles. The molecule has 2 atom stereocenters. The van der Waals surface area contributed by atoms with Crippen molar-refractivity contribution >= 4 is 0 Å². The summed E-state index contributed by atoms with van der Waals surface area (Å²) >= 11 is 0. The third-order valence-electron chi connectivity index (χ3n) is 2.70. The van der Waals surface area contributed by atoms with E-state index in [2.05, 4.69) is 30.8 Å². The molecule has 0 amide bonds. The van der Waals surface area contributed by atoms with Crippen LogP contribution in [0.1, 0.15) is 6.92 Å². The van der Waals surface area contributed by atoms with Gasteiger partial charge in [-0.15, -0.1) is 0 Å². The molecule has 11 heavy (non-hydrogen) atoms. The first-order valence-electron chi connectivity index (χ1n) is 4.25. The van der Waals surface area contributed by atoms with Crippen molar-refractivity contribution in [2.45, 2.75) is 19.0 Å². The lowest BCUT2D eigenvalue weighted by molar-refractivity contribution is 0.0755. The maximum absolute atomic E-state index is 5.63. The van der Waals surface area contributed by atoms with Crippen LogP contribution < -0.4 is 5.73 Å². The molecule has 0 radical (unpaired) electrons. The van der Waals surface area contributed by atoms with Crippen LogP contribution in [0.4, 0.5) is 0 Å². The lowest BCUT2D eigenvalue weighted by Gasteiger charge is -2.41. The third-order valence-corrected chi connectivity index (χ3v) is 2.70. The standard InChI is InChI=1S/C8H19N3/c1-7-5-11(3)8(4-9)6-10(7)2/h7-8H,4-6,9H2,1-3H3. The lowest BCUT2D eigenvalue weighted by Crippen LogP contribution is -2.56. The average Bonchev–Trinajstić information content (AvgIpc) is 1.97. The Hall–Kier alpha value is -0.120. The summed E-state index contributed by atoms with van der Waals surface area (Å²) in [7, 11) is 4.32. The zero-order valence-corrected chi connectivity index (χ0v) is 7.75. The van der Waals surface area contributed by atoms with E-state index in [-0.39, 0.29) is 0 Å². The second kappa shape index (κ2) is 3.52. The van der Waals surface area contributed by atoms with Gasteiger partial charge in [0.2, 0.25) is 0 Å². The molecule has 1 rings (SSSR count). The Morgan fingerprint density at radius 3 is 2.45 bits per heavy atom. The largest absolute Gasteiger partial charge is 0.329 e. The van der Waals surface area contributed by atoms with Crippen molar-refractivity contribution in [1.82, 2.24) is 9.80 Å². The molecule has 0 bridgehead atoms. The molecule has 3 nitrogen and oxygen atoms in total. The first-order valence-corrected chi connectivity index (χ1v) is 4.25. The van der Waals surface area contributed by atoms with Gasteiger partial charge in [0.15, 0.2) is 0 Å². The fourth-order valence-corrected chi connectivity index (χ4v) is 1.61. The van der Waals surface area contributed by atoms with E-state index in [0.717, 1.165) is 19.6 Å². The summed E-state index contributed by atoms with van der Waals surface area (Å²) in [4.78, 5) is 4.72. The van der Waals surface area contributed by atoms with Crippen LogP contribution in [0.3, 0.4) is 0 Å². The van der Waals surface area contributed by atoms with Crippen molar-refractivity contribution in [3.63, 3.8) is 0 Å². The van der Waals surface area contributed by atoms with Gasteiger partial charge in [-0.25, -0.2) is 0 Å². The smallest absolute Gasteiger partial charge is 0.0343 e. The van der Waals surface area contributed by atoms with Crippen LogP contribution in [-0.4, -0.2) is 55.6 Å². The van der Waals surface area contributed by atoms with Crippen LogP contribution in [0.2, 0.25) is 0 Å². The Balaban J connectivity index is 2.48. The van der Waals surface area contributed by atoms with Crippen LogP contribution in [0, 0.1) is 0 Å². The molecular weight excluding hydrogens is 138 g/mol. The molecule has 1 aliphatic rings. The number of rotatable bonds is 1. The summed E-state index contributed by atoms with van der Waals surface area (Å²) in [5.41, 5.74) is 5.63. The summed E-state index contributed by atoms with van der Waals surface area (Å²) in [6, 6.07) is 1.22. The average molecular weight is 157 g/mol. The molecule has 1 saturated heterocycles. The van der Waals surface area contributed by atoms with Gasteiger partial charge in [0, 0.05) is 31.7 Å². The predicted molar refractivity (Wildman–Crippen MR) is 47.6 cm³/mol. The Bertz CT molecular complexity index is 127. The van der Waals surface area contributed by atoms with Crippen molar-refractivity contribution in [1.29, 1.82) is 0 Å². The van der Waals surface area contributed by atoms with Crippen LogP contribution in [0.15, 0.2) is 0 Å². The summed E-state index contributed by atoms with van der Waals surface area (Å²) in [6.45, 7) is 5.27. The van der Waals surface area contributed by atoms with Gasteiger partial charge in [-0.3, -0.25) is 4.90 Å². The lowest BCUT2D eigenvalue weighted by atomic mass is 10.1. The Labute approximate surface area is 69.1 Å². The number of piperazine rings is 1. The van der Waals surface area contributed by atoms with E-state index in [4.69, 9.17) is 5.73 Å². The highest BCUT2D eigenvalue weighted by atomic mass is 15.3. The highest BCUT2D eigenvalue weighted by Gasteiger charge is 2.25. The van der Waals surface area contributed by atoms with Gasteiger partial charge in [0.05, 0.1) is 0 Å². The second-order valence-corrected chi connectivity index (χ2v) is 3.62. The molecule has 2 N–H and O–H groups in total. The Kier molecular flexibility index (Phi) is 2.87. The van der Waals surface area contributed by atoms with E-state index in [1.54, 1.807) is 0 Å². The highest BCUT2D eigenvalue weighted by molar-refractivity contribution is 4.83. The number of likely N-dealkylation sites (N-methyl/N-ethyl adjacent to an activating group) is 2. The SMILES string of the molecule is CC1CN(C)C(CN)CN1C. The number of hydrogen-bond acceptors (Lipinski definition) is 3. The number of nitrogens with zero attached hydrogens (tertiary/aromatic N) is 2. The van der Waals surface area contributed by atoms with Gasteiger partial charge in [0.1, 0.15) is 0 Å². The van der Waals surface area contributed by atoms with Crippen molar-refractivity contribution in [2.24, 2.45) is 5.73 Å². The summed E-state index contributed by atoms with van der Waals surface area (Å²) in [5.74, 6) is 0. The van der Waals surface area contributed by atoms with Crippen LogP contribution in [0.5, 0.6) is 0 Å². The predicted octanol–water partition coefficient (Wildman–Crippen LogP) is -0.421. The molecule has 3 heteroatoms. The topological polar surface area (TPSA) is 32.5 Å². The highest BCUT2D eigenvalue weighted by Crippen LogP contribution is 2.09. The van der Waals surface area contributed by atoms with Crippen LogP contribution in [0.25, 0.3) is 0 Å². The van der Waals surface area contributed by atoms with Crippen molar-refractivity contribution in [3.05, 3.63) is 0 Å². The quantitative estimate of drug-likeness (QED) is 0.561. The van der Waals surface area contributed by atoms with Crippen LogP contribution >= 0.6 is 0 Å². The minimum Gasteiger partial charge on any atom is -0.329 e. The molecule has 0 spiro atoms. The maximum atomic E-state index is 5.63. The van der Waals surface area contributed by atoms with Gasteiger partial charge < -0.3 is 10.6 Å². The Morgan fingerprint density at radius 2 is 1.91 bits per heavy atom. The van der Waals surface area contributed by atoms with E-state index in [1.165, 1.54) is 0 Å². The normalized spacial score (nSPS) is 36.0. The fraction of sp³-hybridized carbons (Fsp3) is 1.00. The summed E-state index contributed by atoms with van der Waals surface area (Å²) < 4.78 is 0. The molecular formula is C8H19N3. The number of nitrogens with two attached hydrogens (primary N) is 1. The molecule has 1 fully saturated rings. The molecule has 66 valence electrons. The van der Waals surface area contributed by atoms with Crippen molar-refractivity contribution in [3.8, 4) is 0 Å². The summed E-state index contributed by atoms with van der Waals surface area (Å²) in [6.07, 6.45) is 0. The number of hydrogen-bond donors (Lipinski definition) is 1. The van der Waals surface area contributed by atoms with E-state index in [0.29, 0.717) is 12.1 Å². The zero-order chi connectivity index (χ0) is 8.43. The monoisotopic (exact) mass is 157 g/mol. The van der Waals surface area contributed by atoms with Crippen molar-refractivity contribution in [2.75, 3.05) is 33.7 Å². The van der Waals surface area contributed by atoms with Gasteiger partial charge >= 0.3 is 0 Å². The molecule has 1 aliphatic heterocycles. The van der Waals surface area contributed by atoms with E-state index in [9.17, 15) is 0 Å². The minimum absolute atomic E-state index is 0.552. The fourth-order valence-electron chi connectivity index (χ4n) is 1.61. The first-order chi connectivity index (χ1) is 5.15. The maximum Gasteiger partial charge on any atom is 0.0343 e. The molecule has 1 heterocycles. The molecule has 0 aromatic rings. The Morgan fingerprint density at radius 1 is 1.27 bits per heavy atom. The second-order valence-electron chi connectivity index (χ2n) is 3.62. The van der Waals surface area contributed by atoms with Gasteiger partial charge in [-0.1, -0.05) is 0 Å². The van der Waals surface area contributed by atoms with E-state index in [1.807, 2.05) is 0 Å². The van der Waals surface area contributed by atoms with E-state index < -0.39 is 0 Å². The first kappa shape index (κ1) is 8.97. The van der Waals surface area contributed by atoms with E-state index >= 15 is 0 Å².